The van der Waals surface area contributed by atoms with Crippen molar-refractivity contribution in [3.63, 3.8) is 0 Å². The van der Waals surface area contributed by atoms with Gasteiger partial charge in [-0.2, -0.15) is 5.26 Å². The Morgan fingerprint density at radius 1 is 1.09 bits per heavy atom. The second kappa shape index (κ2) is 9.19. The number of nitrogens with one attached hydrogen (secondary N) is 1. The Kier molecular flexibility index (Phi) is 5.95. The molecule has 2 aliphatic rings. The molecule has 3 aromatic rings. The number of benzene rings is 2. The van der Waals surface area contributed by atoms with Crippen molar-refractivity contribution in [3.05, 3.63) is 48.0 Å². The summed E-state index contributed by atoms with van der Waals surface area (Å²) in [5.41, 5.74) is 4.30. The highest BCUT2D eigenvalue weighted by atomic mass is 16.6. The van der Waals surface area contributed by atoms with E-state index in [1.807, 2.05) is 43.3 Å². The minimum Gasteiger partial charge on any atom is -0.494 e. The molecule has 1 aromatic heterocycles. The van der Waals surface area contributed by atoms with Crippen LogP contribution in [0.2, 0.25) is 0 Å². The average Bonchev–Trinajstić information content (AvgIpc) is 3.39. The fraction of sp³-hybridized carbons (Fsp3) is 0.407. The van der Waals surface area contributed by atoms with E-state index in [0.717, 1.165) is 66.4 Å². The highest BCUT2D eigenvalue weighted by Crippen LogP contribution is 2.43. The predicted octanol–water partition coefficient (Wildman–Crippen LogP) is 6.79. The third-order valence-corrected chi connectivity index (χ3v) is 6.82. The summed E-state index contributed by atoms with van der Waals surface area (Å²) >= 11 is 0. The van der Waals surface area contributed by atoms with E-state index in [4.69, 9.17) is 9.47 Å². The van der Waals surface area contributed by atoms with Gasteiger partial charge in [0.25, 0.3) is 0 Å². The molecule has 0 bridgehead atoms. The fourth-order valence-electron chi connectivity index (χ4n) is 4.98. The van der Waals surface area contributed by atoms with Crippen LogP contribution in [0.3, 0.4) is 0 Å². The molecule has 0 saturated heterocycles. The number of nitrogens with zero attached hydrogens (tertiary/aromatic N) is 2. The number of carbonyl (C=O) groups excluding carboxylic acids is 1. The molecule has 1 N–H and O–H groups in total. The largest absolute Gasteiger partial charge is 0.494 e. The molecule has 1 heterocycles. The van der Waals surface area contributed by atoms with Crippen LogP contribution in [0.1, 0.15) is 63.5 Å². The van der Waals surface area contributed by atoms with E-state index in [1.165, 1.54) is 6.42 Å². The lowest BCUT2D eigenvalue weighted by Gasteiger charge is -2.30. The smallest absolute Gasteiger partial charge is 0.411 e. The van der Waals surface area contributed by atoms with E-state index < -0.39 is 6.09 Å². The lowest BCUT2D eigenvalue weighted by Crippen LogP contribution is -2.20. The van der Waals surface area contributed by atoms with Crippen molar-refractivity contribution < 1.29 is 14.3 Å². The zero-order valence-corrected chi connectivity index (χ0v) is 19.0. The average molecular weight is 444 g/mol. The van der Waals surface area contributed by atoms with Crippen LogP contribution in [0.4, 0.5) is 10.5 Å². The summed E-state index contributed by atoms with van der Waals surface area (Å²) in [5.74, 6) is 0.819. The van der Waals surface area contributed by atoms with Crippen molar-refractivity contribution in [2.45, 2.75) is 64.0 Å². The molecule has 2 saturated carbocycles. The highest BCUT2D eigenvalue weighted by Gasteiger charge is 2.28. The molecule has 0 aliphatic heterocycles. The van der Waals surface area contributed by atoms with Crippen LogP contribution >= 0.6 is 0 Å². The molecule has 6 nitrogen and oxygen atoms in total. The van der Waals surface area contributed by atoms with E-state index in [0.29, 0.717) is 23.9 Å². The Morgan fingerprint density at radius 2 is 1.85 bits per heavy atom. The van der Waals surface area contributed by atoms with Gasteiger partial charge >= 0.3 is 6.09 Å². The molecule has 6 heteroatoms. The van der Waals surface area contributed by atoms with Crippen molar-refractivity contribution in [1.82, 2.24) is 4.57 Å². The zero-order valence-electron chi connectivity index (χ0n) is 19.0. The van der Waals surface area contributed by atoms with Gasteiger partial charge in [0.1, 0.15) is 17.9 Å². The third kappa shape index (κ3) is 4.16. The topological polar surface area (TPSA) is 76.3 Å². The van der Waals surface area contributed by atoms with Crippen LogP contribution in [0, 0.1) is 11.3 Å². The Balaban J connectivity index is 1.48. The molecule has 170 valence electrons. The third-order valence-electron chi connectivity index (χ3n) is 6.82. The normalized spacial score (nSPS) is 16.4. The van der Waals surface area contributed by atoms with Gasteiger partial charge in [0.15, 0.2) is 0 Å². The summed E-state index contributed by atoms with van der Waals surface area (Å²) in [7, 11) is 0. The van der Waals surface area contributed by atoms with Gasteiger partial charge in [-0.1, -0.05) is 12.1 Å². The van der Waals surface area contributed by atoms with Crippen molar-refractivity contribution in [2.24, 2.45) is 0 Å². The van der Waals surface area contributed by atoms with E-state index in [1.54, 1.807) is 0 Å². The fourth-order valence-corrected chi connectivity index (χ4v) is 4.98. The Hall–Kier alpha value is -3.46. The lowest BCUT2D eigenvalue weighted by molar-refractivity contribution is 0.114. The van der Waals surface area contributed by atoms with Gasteiger partial charge in [-0.05, 0) is 81.7 Å². The Labute approximate surface area is 194 Å². The molecule has 2 aliphatic carbocycles. The van der Waals surface area contributed by atoms with Gasteiger partial charge < -0.3 is 14.0 Å². The Morgan fingerprint density at radius 3 is 2.48 bits per heavy atom. The van der Waals surface area contributed by atoms with E-state index in [-0.39, 0.29) is 6.10 Å². The summed E-state index contributed by atoms with van der Waals surface area (Å²) in [6.07, 6.45) is 7.16. The summed E-state index contributed by atoms with van der Waals surface area (Å²) in [4.78, 5) is 12.2. The minimum atomic E-state index is -0.403. The number of nitriles is 1. The van der Waals surface area contributed by atoms with Crippen molar-refractivity contribution >= 4 is 22.7 Å². The molecule has 0 spiro atoms. The summed E-state index contributed by atoms with van der Waals surface area (Å²) in [6.45, 7) is 2.58. The van der Waals surface area contributed by atoms with Gasteiger partial charge in [-0.3, -0.25) is 5.32 Å². The van der Waals surface area contributed by atoms with E-state index in [9.17, 15) is 10.1 Å². The molecule has 0 radical (unpaired) electrons. The van der Waals surface area contributed by atoms with Crippen molar-refractivity contribution in [3.8, 4) is 23.1 Å². The molecule has 0 unspecified atom stereocenters. The van der Waals surface area contributed by atoms with Gasteiger partial charge in [0.05, 0.1) is 23.4 Å². The first-order valence-electron chi connectivity index (χ1n) is 12.0. The number of aromatic nitrogens is 1. The van der Waals surface area contributed by atoms with Crippen LogP contribution in [0.5, 0.6) is 5.75 Å². The maximum Gasteiger partial charge on any atom is 0.411 e. The Bertz CT molecular complexity index is 1200. The second-order valence-corrected chi connectivity index (χ2v) is 8.92. The second-order valence-electron chi connectivity index (χ2n) is 8.92. The lowest BCUT2D eigenvalue weighted by atomic mass is 9.92. The quantitative estimate of drug-likeness (QED) is 0.455. The molecular weight excluding hydrogens is 414 g/mol. The molecule has 0 atom stereocenters. The van der Waals surface area contributed by atoms with Gasteiger partial charge in [-0.15, -0.1) is 0 Å². The molecule has 5 rings (SSSR count). The molecule has 1 amide bonds. The summed E-state index contributed by atoms with van der Waals surface area (Å²) in [6, 6.07) is 16.5. The van der Waals surface area contributed by atoms with Crippen LogP contribution < -0.4 is 10.1 Å². The number of carbonyl (C=O) groups is 1. The van der Waals surface area contributed by atoms with Crippen LogP contribution in [0.15, 0.2) is 42.5 Å². The maximum absolute atomic E-state index is 12.2. The number of fused-ring (bicyclic) bond motifs is 1. The predicted molar refractivity (Wildman–Crippen MR) is 129 cm³/mol. The van der Waals surface area contributed by atoms with Gasteiger partial charge in [0, 0.05) is 23.2 Å². The van der Waals surface area contributed by atoms with E-state index in [2.05, 4.69) is 22.0 Å². The monoisotopic (exact) mass is 443 g/mol. The molecule has 33 heavy (non-hydrogen) atoms. The van der Waals surface area contributed by atoms with E-state index >= 15 is 0 Å². The highest BCUT2D eigenvalue weighted by molar-refractivity contribution is 5.96. The SMILES string of the molecule is CCOc1ccc2c(C#N)c(-c3ccc(NC(=O)OC4CCCC4)cc3)n(C3CCC3)c2c1. The maximum atomic E-state index is 12.2. The van der Waals surface area contributed by atoms with Crippen LogP contribution in [-0.4, -0.2) is 23.4 Å². The number of rotatable bonds is 6. The van der Waals surface area contributed by atoms with Crippen LogP contribution in [-0.2, 0) is 4.74 Å². The number of amides is 1. The number of ether oxygens (including phenoxy) is 2. The first kappa shape index (κ1) is 21.4. The standard InChI is InChI=1S/C27H29N3O3/c1-2-32-22-14-15-23-24(17-28)26(30(25(23)16-22)20-6-5-7-20)18-10-12-19(13-11-18)29-27(31)33-21-8-3-4-9-21/h10-16,20-21H,2-9H2,1H3,(H,29,31). The minimum absolute atomic E-state index is 0.0298. The van der Waals surface area contributed by atoms with Crippen molar-refractivity contribution in [2.75, 3.05) is 11.9 Å². The van der Waals surface area contributed by atoms with Crippen molar-refractivity contribution in [1.29, 1.82) is 5.26 Å². The van der Waals surface area contributed by atoms with Gasteiger partial charge in [-0.25, -0.2) is 4.79 Å². The molecule has 2 aromatic carbocycles. The first-order chi connectivity index (χ1) is 16.2. The zero-order chi connectivity index (χ0) is 22.8. The number of anilines is 1. The molecular formula is C27H29N3O3. The molecule has 2 fully saturated rings. The summed E-state index contributed by atoms with van der Waals surface area (Å²) in [5, 5.41) is 13.9. The number of hydrogen-bond acceptors (Lipinski definition) is 4. The first-order valence-corrected chi connectivity index (χ1v) is 12.0. The van der Waals surface area contributed by atoms with Gasteiger partial charge in [0.2, 0.25) is 0 Å². The number of hydrogen-bond donors (Lipinski definition) is 1. The van der Waals surface area contributed by atoms with Crippen LogP contribution in [0.25, 0.3) is 22.2 Å². The summed E-state index contributed by atoms with van der Waals surface area (Å²) < 4.78 is 13.6.